The lowest BCUT2D eigenvalue weighted by Crippen LogP contribution is -2.37. The first kappa shape index (κ1) is 22.4. The molecule has 7 nitrogen and oxygen atoms in total. The molecule has 0 radical (unpaired) electrons. The Hall–Kier alpha value is -2.29. The first-order valence-electron chi connectivity index (χ1n) is 10.1. The van der Waals surface area contributed by atoms with Gasteiger partial charge < -0.3 is 14.4 Å². The number of ether oxygens (including phenoxy) is 2. The molecule has 0 saturated carbocycles. The van der Waals surface area contributed by atoms with Crippen LogP contribution in [0.5, 0.6) is 11.5 Å². The zero-order valence-electron chi connectivity index (χ0n) is 18.1. The van der Waals surface area contributed by atoms with Crippen LogP contribution in [0.4, 0.5) is 5.69 Å². The first-order valence-corrected chi connectivity index (χ1v) is 11.6. The van der Waals surface area contributed by atoms with Crippen LogP contribution in [0, 0.1) is 0 Å². The summed E-state index contributed by atoms with van der Waals surface area (Å²) in [4.78, 5) is 4.47. The molecule has 1 saturated heterocycles. The van der Waals surface area contributed by atoms with E-state index < -0.39 is 10.0 Å². The van der Waals surface area contributed by atoms with Crippen LogP contribution in [0.2, 0.25) is 0 Å². The van der Waals surface area contributed by atoms with Crippen molar-refractivity contribution in [1.82, 2.24) is 9.62 Å². The highest BCUT2D eigenvalue weighted by Crippen LogP contribution is 2.30. The lowest BCUT2D eigenvalue weighted by Gasteiger charge is -2.28. The van der Waals surface area contributed by atoms with E-state index in [1.807, 2.05) is 19.0 Å². The quantitative estimate of drug-likeness (QED) is 0.656. The fraction of sp³-hybridized carbons (Fsp3) is 0.455. The number of hydrogen-bond acceptors (Lipinski definition) is 6. The first-order chi connectivity index (χ1) is 14.4. The number of hydrogen-bond donors (Lipinski definition) is 1. The number of rotatable bonds is 9. The lowest BCUT2D eigenvalue weighted by molar-refractivity contribution is 0.246. The van der Waals surface area contributed by atoms with Crippen LogP contribution in [0.25, 0.3) is 0 Å². The summed E-state index contributed by atoms with van der Waals surface area (Å²) in [5, 5.41) is 0. The predicted octanol–water partition coefficient (Wildman–Crippen LogP) is 2.89. The van der Waals surface area contributed by atoms with Gasteiger partial charge in [0.1, 0.15) is 16.4 Å². The minimum Gasteiger partial charge on any atom is -0.497 e. The summed E-state index contributed by atoms with van der Waals surface area (Å²) in [6.07, 6.45) is 2.26. The van der Waals surface area contributed by atoms with E-state index in [1.165, 1.54) is 20.3 Å². The number of likely N-dealkylation sites (tertiary alicyclic amines) is 1. The Morgan fingerprint density at radius 3 is 2.27 bits per heavy atom. The van der Waals surface area contributed by atoms with Gasteiger partial charge in [-0.2, -0.15) is 0 Å². The maximum absolute atomic E-state index is 13.1. The van der Waals surface area contributed by atoms with Crippen molar-refractivity contribution in [2.45, 2.75) is 23.8 Å². The second kappa shape index (κ2) is 9.68. The number of benzene rings is 2. The topological polar surface area (TPSA) is 71.1 Å². The third-order valence-corrected chi connectivity index (χ3v) is 6.95. The van der Waals surface area contributed by atoms with Crippen LogP contribution in [0.1, 0.15) is 24.4 Å². The molecule has 164 valence electrons. The SMILES string of the molecule is COc1ccc(OC)c(S(=O)(=O)NC[C@H](c2ccc(N(C)C)cc2)N2CCCC2)c1. The lowest BCUT2D eigenvalue weighted by atomic mass is 10.1. The maximum Gasteiger partial charge on any atom is 0.244 e. The Labute approximate surface area is 179 Å². The zero-order chi connectivity index (χ0) is 21.7. The molecule has 2 aromatic rings. The molecule has 1 N–H and O–H groups in total. The van der Waals surface area contributed by atoms with E-state index in [4.69, 9.17) is 9.47 Å². The van der Waals surface area contributed by atoms with Crippen molar-refractivity contribution in [3.05, 3.63) is 48.0 Å². The molecule has 0 unspecified atom stereocenters. The van der Waals surface area contributed by atoms with Crippen molar-refractivity contribution in [1.29, 1.82) is 0 Å². The second-order valence-corrected chi connectivity index (χ2v) is 9.35. The Balaban J connectivity index is 1.85. The highest BCUT2D eigenvalue weighted by molar-refractivity contribution is 7.89. The summed E-state index contributed by atoms with van der Waals surface area (Å²) >= 11 is 0. The summed E-state index contributed by atoms with van der Waals surface area (Å²) in [6, 6.07) is 13.0. The van der Waals surface area contributed by atoms with Gasteiger partial charge in [-0.1, -0.05) is 12.1 Å². The summed E-state index contributed by atoms with van der Waals surface area (Å²) < 4.78 is 39.5. The van der Waals surface area contributed by atoms with Gasteiger partial charge in [-0.25, -0.2) is 13.1 Å². The third-order valence-electron chi connectivity index (χ3n) is 5.50. The molecular formula is C22H31N3O4S. The Bertz CT molecular complexity index is 939. The van der Waals surface area contributed by atoms with Gasteiger partial charge in [0.15, 0.2) is 0 Å². The van der Waals surface area contributed by atoms with Gasteiger partial charge in [-0.05, 0) is 55.8 Å². The molecule has 2 aromatic carbocycles. The van der Waals surface area contributed by atoms with E-state index in [9.17, 15) is 8.42 Å². The van der Waals surface area contributed by atoms with Crippen LogP contribution in [0.3, 0.4) is 0 Å². The highest BCUT2D eigenvalue weighted by Gasteiger charge is 2.27. The fourth-order valence-electron chi connectivity index (χ4n) is 3.77. The molecule has 0 spiro atoms. The predicted molar refractivity (Wildman–Crippen MR) is 119 cm³/mol. The fourth-order valence-corrected chi connectivity index (χ4v) is 4.99. The molecule has 1 heterocycles. The van der Waals surface area contributed by atoms with Crippen LogP contribution < -0.4 is 19.1 Å². The summed E-state index contributed by atoms with van der Waals surface area (Å²) in [5.41, 5.74) is 2.21. The third kappa shape index (κ3) is 5.06. The zero-order valence-corrected chi connectivity index (χ0v) is 18.9. The van der Waals surface area contributed by atoms with Gasteiger partial charge in [0, 0.05) is 38.4 Å². The van der Waals surface area contributed by atoms with Gasteiger partial charge in [-0.15, -0.1) is 0 Å². The molecule has 1 aliphatic rings. The minimum absolute atomic E-state index is 0.0323. The van der Waals surface area contributed by atoms with E-state index in [0.29, 0.717) is 5.75 Å². The van der Waals surface area contributed by atoms with E-state index in [1.54, 1.807) is 12.1 Å². The maximum atomic E-state index is 13.1. The largest absolute Gasteiger partial charge is 0.497 e. The Morgan fingerprint density at radius 1 is 1.03 bits per heavy atom. The summed E-state index contributed by atoms with van der Waals surface area (Å²) in [7, 11) is 3.19. The van der Waals surface area contributed by atoms with Crippen molar-refractivity contribution >= 4 is 15.7 Å². The molecule has 0 aliphatic carbocycles. The smallest absolute Gasteiger partial charge is 0.244 e. The molecule has 8 heteroatoms. The number of anilines is 1. The molecule has 1 atom stereocenters. The number of nitrogens with one attached hydrogen (secondary N) is 1. The average molecular weight is 434 g/mol. The Kier molecular flexibility index (Phi) is 7.23. The van der Waals surface area contributed by atoms with Crippen molar-refractivity contribution in [2.75, 3.05) is 52.8 Å². The molecule has 1 aliphatic heterocycles. The average Bonchev–Trinajstić information content (AvgIpc) is 3.28. The van der Waals surface area contributed by atoms with Crippen LogP contribution in [-0.2, 0) is 10.0 Å². The molecular weight excluding hydrogens is 402 g/mol. The monoisotopic (exact) mass is 433 g/mol. The van der Waals surface area contributed by atoms with Crippen molar-refractivity contribution in [3.8, 4) is 11.5 Å². The normalized spacial score (nSPS) is 15.7. The van der Waals surface area contributed by atoms with E-state index >= 15 is 0 Å². The van der Waals surface area contributed by atoms with Gasteiger partial charge >= 0.3 is 0 Å². The molecule has 0 aromatic heterocycles. The van der Waals surface area contributed by atoms with Gasteiger partial charge in [-0.3, -0.25) is 4.90 Å². The number of nitrogens with zero attached hydrogens (tertiary/aromatic N) is 2. The number of sulfonamides is 1. The van der Waals surface area contributed by atoms with Gasteiger partial charge in [0.2, 0.25) is 10.0 Å². The molecule has 30 heavy (non-hydrogen) atoms. The van der Waals surface area contributed by atoms with Crippen molar-refractivity contribution < 1.29 is 17.9 Å². The summed E-state index contributed by atoms with van der Waals surface area (Å²) in [5.74, 6) is 0.753. The van der Waals surface area contributed by atoms with Crippen LogP contribution in [0.15, 0.2) is 47.4 Å². The summed E-state index contributed by atoms with van der Waals surface area (Å²) in [6.45, 7) is 2.21. The van der Waals surface area contributed by atoms with E-state index in [0.717, 1.165) is 37.2 Å². The second-order valence-electron chi connectivity index (χ2n) is 7.61. The molecule has 3 rings (SSSR count). The van der Waals surface area contributed by atoms with Gasteiger partial charge in [0.05, 0.1) is 14.2 Å². The van der Waals surface area contributed by atoms with Crippen molar-refractivity contribution in [3.63, 3.8) is 0 Å². The highest BCUT2D eigenvalue weighted by atomic mass is 32.2. The van der Waals surface area contributed by atoms with E-state index in [-0.39, 0.29) is 23.2 Å². The standard InChI is InChI=1S/C22H31N3O4S/c1-24(2)18-9-7-17(8-10-18)20(25-13-5-6-14-25)16-23-30(26,27)22-15-19(28-3)11-12-21(22)29-4/h7-12,15,20,23H,5-6,13-14,16H2,1-4H3/t20-/m1/s1. The minimum atomic E-state index is -3.78. The molecule has 0 amide bonds. The number of methoxy groups -OCH3 is 2. The van der Waals surface area contributed by atoms with Crippen LogP contribution in [-0.4, -0.2) is 61.3 Å². The Morgan fingerprint density at radius 2 is 1.70 bits per heavy atom. The van der Waals surface area contributed by atoms with E-state index in [2.05, 4.69) is 33.9 Å². The van der Waals surface area contributed by atoms with Crippen LogP contribution >= 0.6 is 0 Å². The molecule has 0 bridgehead atoms. The van der Waals surface area contributed by atoms with Crippen molar-refractivity contribution in [2.24, 2.45) is 0 Å². The molecule has 1 fully saturated rings. The van der Waals surface area contributed by atoms with Gasteiger partial charge in [0.25, 0.3) is 0 Å².